The van der Waals surface area contributed by atoms with Crippen molar-refractivity contribution in [3.05, 3.63) is 28.4 Å². The highest BCUT2D eigenvalue weighted by molar-refractivity contribution is 7.89. The van der Waals surface area contributed by atoms with E-state index in [0.29, 0.717) is 0 Å². The van der Waals surface area contributed by atoms with Crippen LogP contribution in [-0.2, 0) is 14.8 Å². The summed E-state index contributed by atoms with van der Waals surface area (Å²) >= 11 is 0. The fourth-order valence-electron chi connectivity index (χ4n) is 1.50. The Morgan fingerprint density at radius 1 is 1.48 bits per heavy atom. The summed E-state index contributed by atoms with van der Waals surface area (Å²) in [5.74, 6) is -0.436. The summed E-state index contributed by atoms with van der Waals surface area (Å²) in [6.45, 7) is 0.266. The number of sulfonamides is 1. The minimum Gasteiger partial charge on any atom is -0.383 e. The van der Waals surface area contributed by atoms with Gasteiger partial charge in [-0.3, -0.25) is 0 Å². The van der Waals surface area contributed by atoms with Crippen LogP contribution in [0.4, 0.5) is 5.82 Å². The van der Waals surface area contributed by atoms with Gasteiger partial charge in [0.25, 0.3) is 0 Å². The first-order valence-corrected chi connectivity index (χ1v) is 7.34. The fourth-order valence-corrected chi connectivity index (χ4v) is 2.87. The number of nitro groups is 1. The van der Waals surface area contributed by atoms with Gasteiger partial charge in [0.15, 0.2) is 6.20 Å². The van der Waals surface area contributed by atoms with Gasteiger partial charge in [0.1, 0.15) is 4.90 Å². The summed E-state index contributed by atoms with van der Waals surface area (Å²) in [6, 6.07) is 4.01. The second-order valence-corrected chi connectivity index (χ2v) is 5.85. The number of hydrogen-bond donors (Lipinski definition) is 0. The predicted molar refractivity (Wildman–Crippen MR) is 71.8 cm³/mol. The van der Waals surface area contributed by atoms with Gasteiger partial charge in [0.05, 0.1) is 12.7 Å². The van der Waals surface area contributed by atoms with E-state index in [0.717, 1.165) is 22.6 Å². The van der Waals surface area contributed by atoms with E-state index in [1.54, 1.807) is 0 Å². The molecule has 21 heavy (non-hydrogen) atoms. The lowest BCUT2D eigenvalue weighted by atomic mass is 10.4. The van der Waals surface area contributed by atoms with Crippen molar-refractivity contribution in [2.24, 2.45) is 0 Å². The normalized spacial score (nSPS) is 11.3. The third-order valence-corrected chi connectivity index (χ3v) is 4.45. The number of methoxy groups -OCH3 is 1. The molecule has 10 heteroatoms. The zero-order valence-electron chi connectivity index (χ0n) is 11.3. The fraction of sp³-hybridized carbons (Fsp3) is 0.455. The molecular weight excluding hydrogens is 300 g/mol. The molecule has 1 heterocycles. The first-order chi connectivity index (χ1) is 9.93. The van der Waals surface area contributed by atoms with E-state index < -0.39 is 20.8 Å². The maximum Gasteiger partial charge on any atom is 0.363 e. The lowest BCUT2D eigenvalue weighted by Gasteiger charge is -2.19. The standard InChI is InChI=1S/C11H14N4O5S/c1-20-8-7-14(6-2-5-12)21(18,19)10-3-4-11(13-9-10)15(16)17/h3-4,9H,2,6-8H2,1H3. The molecule has 0 radical (unpaired) electrons. The minimum atomic E-state index is -3.87. The molecule has 0 amide bonds. The molecule has 0 saturated heterocycles. The number of hydrogen-bond acceptors (Lipinski definition) is 7. The second-order valence-electron chi connectivity index (χ2n) is 3.91. The zero-order valence-corrected chi connectivity index (χ0v) is 12.1. The topological polar surface area (TPSA) is 126 Å². The van der Waals surface area contributed by atoms with Crippen LogP contribution in [0.25, 0.3) is 0 Å². The van der Waals surface area contributed by atoms with E-state index in [9.17, 15) is 18.5 Å². The maximum absolute atomic E-state index is 12.4. The van der Waals surface area contributed by atoms with Gasteiger partial charge in [-0.2, -0.15) is 9.57 Å². The molecule has 0 bridgehead atoms. The Bertz CT molecular complexity index is 623. The van der Waals surface area contributed by atoms with E-state index in [4.69, 9.17) is 10.00 Å². The highest BCUT2D eigenvalue weighted by atomic mass is 32.2. The van der Waals surface area contributed by atoms with Crippen molar-refractivity contribution in [1.29, 1.82) is 5.26 Å². The highest BCUT2D eigenvalue weighted by Crippen LogP contribution is 2.17. The average molecular weight is 314 g/mol. The van der Waals surface area contributed by atoms with Crippen LogP contribution in [0.3, 0.4) is 0 Å². The van der Waals surface area contributed by atoms with Gasteiger partial charge in [0, 0.05) is 32.7 Å². The van der Waals surface area contributed by atoms with Crippen molar-refractivity contribution in [3.8, 4) is 6.07 Å². The summed E-state index contributed by atoms with van der Waals surface area (Å²) < 4.78 is 30.7. The van der Waals surface area contributed by atoms with Crippen molar-refractivity contribution < 1.29 is 18.1 Å². The van der Waals surface area contributed by atoms with Gasteiger partial charge in [-0.1, -0.05) is 0 Å². The Kier molecular flexibility index (Phi) is 6.16. The molecule has 0 fully saturated rings. The van der Waals surface area contributed by atoms with Crippen molar-refractivity contribution in [1.82, 2.24) is 9.29 Å². The first kappa shape index (κ1) is 17.0. The molecule has 0 aliphatic rings. The molecular formula is C11H14N4O5S. The van der Waals surface area contributed by atoms with Crippen LogP contribution in [0.1, 0.15) is 6.42 Å². The van der Waals surface area contributed by atoms with E-state index in [2.05, 4.69) is 4.98 Å². The predicted octanol–water partition coefficient (Wildman–Crippen LogP) is 0.541. The van der Waals surface area contributed by atoms with Crippen LogP contribution < -0.4 is 0 Å². The second kappa shape index (κ2) is 7.63. The van der Waals surface area contributed by atoms with Gasteiger partial charge in [-0.05, 0) is 16.0 Å². The van der Waals surface area contributed by atoms with Crippen molar-refractivity contribution in [2.75, 3.05) is 26.8 Å². The van der Waals surface area contributed by atoms with Gasteiger partial charge in [-0.15, -0.1) is 0 Å². The van der Waals surface area contributed by atoms with Crippen LogP contribution in [0.5, 0.6) is 0 Å². The lowest BCUT2D eigenvalue weighted by Crippen LogP contribution is -2.34. The summed E-state index contributed by atoms with van der Waals surface area (Å²) in [7, 11) is -2.44. The number of nitrogens with zero attached hydrogens (tertiary/aromatic N) is 4. The molecule has 1 aromatic heterocycles. The van der Waals surface area contributed by atoms with Crippen LogP contribution in [0.15, 0.2) is 23.2 Å². The van der Waals surface area contributed by atoms with E-state index in [-0.39, 0.29) is 31.0 Å². The molecule has 1 rings (SSSR count). The number of nitriles is 1. The van der Waals surface area contributed by atoms with Gasteiger partial charge in [-0.25, -0.2) is 8.42 Å². The van der Waals surface area contributed by atoms with Crippen LogP contribution in [0.2, 0.25) is 0 Å². The molecule has 0 spiro atoms. The molecule has 0 aromatic carbocycles. The smallest absolute Gasteiger partial charge is 0.363 e. The van der Waals surface area contributed by atoms with E-state index in [1.807, 2.05) is 6.07 Å². The van der Waals surface area contributed by atoms with Crippen LogP contribution in [-0.4, -0.2) is 49.4 Å². The quantitative estimate of drug-likeness (QED) is 0.506. The highest BCUT2D eigenvalue weighted by Gasteiger charge is 2.26. The monoisotopic (exact) mass is 314 g/mol. The third-order valence-electron chi connectivity index (χ3n) is 2.56. The Balaban J connectivity index is 3.03. The lowest BCUT2D eigenvalue weighted by molar-refractivity contribution is -0.389. The minimum absolute atomic E-state index is 0.0131. The Morgan fingerprint density at radius 2 is 2.19 bits per heavy atom. The molecule has 9 nitrogen and oxygen atoms in total. The molecule has 0 unspecified atom stereocenters. The molecule has 0 aliphatic carbocycles. The molecule has 0 N–H and O–H groups in total. The summed E-state index contributed by atoms with van der Waals surface area (Å²) in [6.07, 6.45) is 0.961. The molecule has 0 saturated carbocycles. The van der Waals surface area contributed by atoms with Gasteiger partial charge >= 0.3 is 5.82 Å². The van der Waals surface area contributed by atoms with Gasteiger partial charge < -0.3 is 14.9 Å². The van der Waals surface area contributed by atoms with Crippen LogP contribution in [0, 0.1) is 21.4 Å². The van der Waals surface area contributed by atoms with Crippen molar-refractivity contribution >= 4 is 15.8 Å². The third kappa shape index (κ3) is 4.45. The first-order valence-electron chi connectivity index (χ1n) is 5.90. The van der Waals surface area contributed by atoms with Crippen LogP contribution >= 0.6 is 0 Å². The average Bonchev–Trinajstić information content (AvgIpc) is 2.47. The number of ether oxygens (including phenoxy) is 1. The zero-order chi connectivity index (χ0) is 15.9. The Morgan fingerprint density at radius 3 is 2.67 bits per heavy atom. The Hall–Kier alpha value is -2.09. The molecule has 1 aromatic rings. The van der Waals surface area contributed by atoms with E-state index >= 15 is 0 Å². The van der Waals surface area contributed by atoms with E-state index in [1.165, 1.54) is 7.11 Å². The SMILES string of the molecule is COCCN(CCC#N)S(=O)(=O)c1ccc([N+](=O)[O-])nc1. The Labute approximate surface area is 122 Å². The molecule has 0 atom stereocenters. The molecule has 0 aliphatic heterocycles. The maximum atomic E-state index is 12.4. The largest absolute Gasteiger partial charge is 0.383 e. The number of aromatic nitrogens is 1. The van der Waals surface area contributed by atoms with Crippen molar-refractivity contribution in [2.45, 2.75) is 11.3 Å². The number of pyridine rings is 1. The van der Waals surface area contributed by atoms with Gasteiger partial charge in [0.2, 0.25) is 10.0 Å². The molecule has 114 valence electrons. The summed E-state index contributed by atoms with van der Waals surface area (Å²) in [5, 5.41) is 19.1. The number of rotatable bonds is 8. The summed E-state index contributed by atoms with van der Waals surface area (Å²) in [4.78, 5) is 13.1. The van der Waals surface area contributed by atoms with Crippen molar-refractivity contribution in [3.63, 3.8) is 0 Å². The summed E-state index contributed by atoms with van der Waals surface area (Å²) in [5.41, 5.74) is 0.